The first-order valence-corrected chi connectivity index (χ1v) is 10.0. The minimum Gasteiger partial charge on any atom is -0.497 e. The summed E-state index contributed by atoms with van der Waals surface area (Å²) in [6.07, 6.45) is 0. The number of hydrogen-bond donors (Lipinski definition) is 2. The number of H-pyrrole nitrogens is 1. The van der Waals surface area contributed by atoms with Gasteiger partial charge in [0.15, 0.2) is 0 Å². The average Bonchev–Trinajstić information content (AvgIpc) is 2.79. The molecule has 3 aromatic rings. The molecule has 1 amide bonds. The van der Waals surface area contributed by atoms with E-state index in [-0.39, 0.29) is 17.5 Å². The van der Waals surface area contributed by atoms with Crippen LogP contribution in [-0.2, 0) is 4.74 Å². The molecule has 156 valence electrons. The largest absolute Gasteiger partial charge is 0.497 e. The zero-order valence-electron chi connectivity index (χ0n) is 16.9. The zero-order valence-corrected chi connectivity index (χ0v) is 16.9. The second-order valence-electron chi connectivity index (χ2n) is 7.25. The molecule has 1 atom stereocenters. The Morgan fingerprint density at radius 1 is 1.17 bits per heavy atom. The van der Waals surface area contributed by atoms with Crippen LogP contribution in [0, 0.1) is 0 Å². The quantitative estimate of drug-likeness (QED) is 0.655. The van der Waals surface area contributed by atoms with E-state index in [0.717, 1.165) is 29.8 Å². The van der Waals surface area contributed by atoms with Gasteiger partial charge in [-0.2, -0.15) is 0 Å². The molecule has 2 N–H and O–H groups in total. The molecular formula is C23H25N3O4. The van der Waals surface area contributed by atoms with Crippen molar-refractivity contribution >= 4 is 16.8 Å². The van der Waals surface area contributed by atoms with Gasteiger partial charge in [-0.25, -0.2) is 0 Å². The van der Waals surface area contributed by atoms with Crippen molar-refractivity contribution in [3.8, 4) is 5.75 Å². The molecule has 0 spiro atoms. The van der Waals surface area contributed by atoms with Crippen LogP contribution in [0.25, 0.3) is 10.9 Å². The number of morpholine rings is 1. The second-order valence-corrected chi connectivity index (χ2v) is 7.25. The van der Waals surface area contributed by atoms with Gasteiger partial charge in [-0.3, -0.25) is 14.5 Å². The van der Waals surface area contributed by atoms with Gasteiger partial charge < -0.3 is 19.8 Å². The number of rotatable bonds is 6. The molecule has 1 aromatic heterocycles. The third kappa shape index (κ3) is 4.37. The Bertz CT molecular complexity index is 1070. The fourth-order valence-corrected chi connectivity index (χ4v) is 3.77. The lowest BCUT2D eigenvalue weighted by Crippen LogP contribution is -2.44. The van der Waals surface area contributed by atoms with E-state index >= 15 is 0 Å². The minimum absolute atomic E-state index is 0.0247. The van der Waals surface area contributed by atoms with Gasteiger partial charge in [0.1, 0.15) is 11.3 Å². The highest BCUT2D eigenvalue weighted by molar-refractivity contribution is 5.97. The van der Waals surface area contributed by atoms with E-state index in [1.165, 1.54) is 0 Å². The predicted molar refractivity (Wildman–Crippen MR) is 115 cm³/mol. The number of pyridine rings is 1. The summed E-state index contributed by atoms with van der Waals surface area (Å²) in [6, 6.07) is 16.9. The SMILES string of the molecule is COc1ccc(C(CNC(=O)c2cc3ccccc3[nH]c2=O)N2CCOCC2)cc1. The zero-order chi connectivity index (χ0) is 20.9. The molecule has 2 aromatic carbocycles. The van der Waals surface area contributed by atoms with E-state index in [0.29, 0.717) is 25.3 Å². The number of carbonyl (C=O) groups excluding carboxylic acids is 1. The lowest BCUT2D eigenvalue weighted by atomic mass is 10.0. The lowest BCUT2D eigenvalue weighted by molar-refractivity contribution is 0.0162. The molecule has 2 heterocycles. The summed E-state index contributed by atoms with van der Waals surface area (Å²) in [5.41, 5.74) is 1.51. The number of aromatic amines is 1. The monoisotopic (exact) mass is 407 g/mol. The average molecular weight is 407 g/mol. The Kier molecular flexibility index (Phi) is 6.11. The molecule has 1 aliphatic rings. The molecule has 1 unspecified atom stereocenters. The maximum atomic E-state index is 12.8. The fourth-order valence-electron chi connectivity index (χ4n) is 3.77. The van der Waals surface area contributed by atoms with Crippen LogP contribution in [0.2, 0.25) is 0 Å². The highest BCUT2D eigenvalue weighted by Gasteiger charge is 2.24. The van der Waals surface area contributed by atoms with Crippen molar-refractivity contribution in [2.45, 2.75) is 6.04 Å². The molecular weight excluding hydrogens is 382 g/mol. The van der Waals surface area contributed by atoms with Crippen molar-refractivity contribution in [3.63, 3.8) is 0 Å². The number of nitrogens with zero attached hydrogens (tertiary/aromatic N) is 1. The van der Waals surface area contributed by atoms with E-state index in [1.54, 1.807) is 13.2 Å². The maximum absolute atomic E-state index is 12.8. The molecule has 0 aliphatic carbocycles. The summed E-state index contributed by atoms with van der Waals surface area (Å²) in [5, 5.41) is 3.78. The third-order valence-electron chi connectivity index (χ3n) is 5.44. The standard InChI is InChI=1S/C23H25N3O4/c1-29-18-8-6-16(7-9-18)21(26-10-12-30-13-11-26)15-24-22(27)19-14-17-4-2-3-5-20(17)25-23(19)28/h2-9,14,21H,10-13,15H2,1H3,(H,24,27)(H,25,28). The summed E-state index contributed by atoms with van der Waals surface area (Å²) >= 11 is 0. The van der Waals surface area contributed by atoms with Gasteiger partial charge in [0.25, 0.3) is 11.5 Å². The molecule has 7 nitrogen and oxygen atoms in total. The highest BCUT2D eigenvalue weighted by atomic mass is 16.5. The van der Waals surface area contributed by atoms with Gasteiger partial charge in [-0.1, -0.05) is 30.3 Å². The van der Waals surface area contributed by atoms with E-state index in [9.17, 15) is 9.59 Å². The number of benzene rings is 2. The number of aromatic nitrogens is 1. The van der Waals surface area contributed by atoms with Crippen LogP contribution in [-0.4, -0.2) is 55.7 Å². The van der Waals surface area contributed by atoms with E-state index in [1.807, 2.05) is 48.5 Å². The molecule has 1 fully saturated rings. The van der Waals surface area contributed by atoms with Crippen molar-refractivity contribution in [2.75, 3.05) is 40.0 Å². The Morgan fingerprint density at radius 2 is 1.90 bits per heavy atom. The van der Waals surface area contributed by atoms with E-state index in [4.69, 9.17) is 9.47 Å². The molecule has 30 heavy (non-hydrogen) atoms. The highest BCUT2D eigenvalue weighted by Crippen LogP contribution is 2.24. The normalized spacial score (nSPS) is 15.6. The van der Waals surface area contributed by atoms with Gasteiger partial charge in [0, 0.05) is 25.2 Å². The molecule has 7 heteroatoms. The Morgan fingerprint density at radius 3 is 2.63 bits per heavy atom. The molecule has 0 radical (unpaired) electrons. The first-order valence-electron chi connectivity index (χ1n) is 10.0. The van der Waals surface area contributed by atoms with Crippen molar-refractivity contribution in [1.82, 2.24) is 15.2 Å². The van der Waals surface area contributed by atoms with Gasteiger partial charge in [-0.15, -0.1) is 0 Å². The number of amides is 1. The first kappa shape index (κ1) is 20.1. The van der Waals surface area contributed by atoms with Crippen LogP contribution in [0.15, 0.2) is 59.4 Å². The van der Waals surface area contributed by atoms with Crippen molar-refractivity contribution in [1.29, 1.82) is 0 Å². The van der Waals surface area contributed by atoms with Gasteiger partial charge >= 0.3 is 0 Å². The van der Waals surface area contributed by atoms with Crippen LogP contribution in [0.5, 0.6) is 5.75 Å². The number of hydrogen-bond acceptors (Lipinski definition) is 5. The number of fused-ring (bicyclic) bond motifs is 1. The fraction of sp³-hybridized carbons (Fsp3) is 0.304. The van der Waals surface area contributed by atoms with Crippen LogP contribution in [0.1, 0.15) is 22.0 Å². The van der Waals surface area contributed by atoms with Gasteiger partial charge in [0.2, 0.25) is 0 Å². The van der Waals surface area contributed by atoms with Crippen LogP contribution >= 0.6 is 0 Å². The number of para-hydroxylation sites is 1. The Labute approximate surface area is 174 Å². The Hall–Kier alpha value is -3.16. The van der Waals surface area contributed by atoms with Gasteiger partial charge in [0.05, 0.1) is 26.4 Å². The summed E-state index contributed by atoms with van der Waals surface area (Å²) < 4.78 is 10.7. The number of carbonyl (C=O) groups is 1. The van der Waals surface area contributed by atoms with Crippen molar-refractivity contribution in [3.05, 3.63) is 76.1 Å². The molecule has 0 bridgehead atoms. The smallest absolute Gasteiger partial charge is 0.261 e. The molecule has 1 aliphatic heterocycles. The number of nitrogens with one attached hydrogen (secondary N) is 2. The molecule has 0 saturated carbocycles. The predicted octanol–water partition coefficient (Wildman–Crippen LogP) is 2.34. The summed E-state index contributed by atoms with van der Waals surface area (Å²) in [7, 11) is 1.63. The van der Waals surface area contributed by atoms with E-state index < -0.39 is 5.56 Å². The van der Waals surface area contributed by atoms with Crippen LogP contribution < -0.4 is 15.6 Å². The first-order chi connectivity index (χ1) is 14.7. The molecule has 1 saturated heterocycles. The summed E-state index contributed by atoms with van der Waals surface area (Å²) in [5.74, 6) is 0.403. The van der Waals surface area contributed by atoms with Crippen LogP contribution in [0.4, 0.5) is 0 Å². The topological polar surface area (TPSA) is 83.7 Å². The van der Waals surface area contributed by atoms with Gasteiger partial charge in [-0.05, 0) is 35.2 Å². The Balaban J connectivity index is 1.54. The summed E-state index contributed by atoms with van der Waals surface area (Å²) in [6.45, 7) is 3.26. The summed E-state index contributed by atoms with van der Waals surface area (Å²) in [4.78, 5) is 30.3. The van der Waals surface area contributed by atoms with E-state index in [2.05, 4.69) is 15.2 Å². The van der Waals surface area contributed by atoms with Crippen LogP contribution in [0.3, 0.4) is 0 Å². The molecule has 4 rings (SSSR count). The second kappa shape index (κ2) is 9.11. The number of ether oxygens (including phenoxy) is 2. The lowest BCUT2D eigenvalue weighted by Gasteiger charge is -2.35. The maximum Gasteiger partial charge on any atom is 0.261 e. The van der Waals surface area contributed by atoms with Crippen molar-refractivity contribution in [2.24, 2.45) is 0 Å². The minimum atomic E-state index is -0.390. The third-order valence-corrected chi connectivity index (χ3v) is 5.44. The number of methoxy groups -OCH3 is 1. The van der Waals surface area contributed by atoms with Crippen molar-refractivity contribution < 1.29 is 14.3 Å².